The fraction of sp³-hybridized carbons (Fsp3) is 0.444. The normalized spacial score (nSPS) is 16.0. The second-order valence-corrected chi connectivity index (χ2v) is 4.46. The molecule has 1 nitrogen and oxygen atoms in total. The van der Waals surface area contributed by atoms with Crippen LogP contribution in [0.3, 0.4) is 0 Å². The summed E-state index contributed by atoms with van der Waals surface area (Å²) in [5, 5.41) is 4.19. The summed E-state index contributed by atoms with van der Waals surface area (Å²) in [6.45, 7) is 10.3. The van der Waals surface area contributed by atoms with Gasteiger partial charge in [0, 0.05) is 28.5 Å². The van der Waals surface area contributed by atoms with Crippen LogP contribution in [0.2, 0.25) is 0 Å². The minimum atomic E-state index is 0.670. The Hall–Kier alpha value is -1.50. The Kier molecular flexibility index (Phi) is 5.88. The molecule has 1 heterocycles. The van der Waals surface area contributed by atoms with Gasteiger partial charge >= 0.3 is 0 Å². The molecule has 3 rings (SSSR count). The van der Waals surface area contributed by atoms with Crippen molar-refractivity contribution in [2.75, 3.05) is 0 Å². The lowest BCUT2D eigenvalue weighted by Gasteiger charge is -2.05. The molecule has 0 saturated heterocycles. The topological polar surface area (TPSA) is 4.93 Å². The van der Waals surface area contributed by atoms with E-state index in [2.05, 4.69) is 55.0 Å². The number of rotatable bonds is 0. The molecule has 0 fully saturated rings. The number of fused-ring (bicyclic) bond motifs is 3. The van der Waals surface area contributed by atoms with Gasteiger partial charge in [-0.1, -0.05) is 65.0 Å². The number of hydrogen-bond acceptors (Lipinski definition) is 0. The molecule has 0 amide bonds. The van der Waals surface area contributed by atoms with E-state index in [0.29, 0.717) is 5.92 Å². The van der Waals surface area contributed by atoms with E-state index in [1.54, 1.807) is 0 Å². The predicted molar refractivity (Wildman–Crippen MR) is 87.6 cm³/mol. The highest BCUT2D eigenvalue weighted by Gasteiger charge is 2.08. The van der Waals surface area contributed by atoms with Gasteiger partial charge in [0.05, 0.1) is 0 Å². The van der Waals surface area contributed by atoms with Crippen LogP contribution >= 0.6 is 0 Å². The minimum absolute atomic E-state index is 0.670. The molecule has 0 N–H and O–H groups in total. The fourth-order valence-electron chi connectivity index (χ4n) is 2.51. The van der Waals surface area contributed by atoms with Crippen molar-refractivity contribution < 1.29 is 0 Å². The Balaban J connectivity index is 0.000000415. The van der Waals surface area contributed by atoms with Gasteiger partial charge in [0.2, 0.25) is 0 Å². The standard InChI is InChI=1S/C14H15N.2C2H6/c1-10-7-8-14-12(9-10)11-5-3-4-6-13(11)15(14)2;2*1-2/h3-6,8-10H,7H2,1-2H3;2*1-2H3. The summed E-state index contributed by atoms with van der Waals surface area (Å²) in [4.78, 5) is 0. The van der Waals surface area contributed by atoms with E-state index in [4.69, 9.17) is 0 Å². The Morgan fingerprint density at radius 1 is 1.05 bits per heavy atom. The van der Waals surface area contributed by atoms with Crippen LogP contribution in [0, 0.1) is 5.92 Å². The maximum atomic E-state index is 2.40. The summed E-state index contributed by atoms with van der Waals surface area (Å²) in [5.74, 6) is 0.670. The van der Waals surface area contributed by atoms with Gasteiger partial charge < -0.3 is 4.57 Å². The van der Waals surface area contributed by atoms with Crippen LogP contribution in [-0.2, 0) is 7.05 Å². The van der Waals surface area contributed by atoms with Gasteiger partial charge in [0.15, 0.2) is 0 Å². The van der Waals surface area contributed by atoms with Crippen LogP contribution in [-0.4, -0.2) is 4.57 Å². The first kappa shape index (κ1) is 15.6. The average Bonchev–Trinajstić information content (AvgIpc) is 2.77. The van der Waals surface area contributed by atoms with Crippen molar-refractivity contribution in [2.24, 2.45) is 13.0 Å². The molecule has 0 aliphatic heterocycles. The summed E-state index contributed by atoms with van der Waals surface area (Å²) < 4.78 is 2.30. The largest absolute Gasteiger partial charge is 0.344 e. The van der Waals surface area contributed by atoms with Crippen LogP contribution in [0.25, 0.3) is 23.1 Å². The van der Waals surface area contributed by atoms with E-state index in [1.807, 2.05) is 27.7 Å². The lowest BCUT2D eigenvalue weighted by molar-refractivity contribution is 0.787. The summed E-state index contributed by atoms with van der Waals surface area (Å²) in [6, 6.07) is 8.64. The van der Waals surface area contributed by atoms with E-state index in [1.165, 1.54) is 21.5 Å². The van der Waals surface area contributed by atoms with Crippen molar-refractivity contribution in [3.8, 4) is 0 Å². The van der Waals surface area contributed by atoms with Gasteiger partial charge in [-0.3, -0.25) is 0 Å². The van der Waals surface area contributed by atoms with E-state index in [-0.39, 0.29) is 0 Å². The third kappa shape index (κ3) is 2.91. The van der Waals surface area contributed by atoms with Crippen molar-refractivity contribution in [2.45, 2.75) is 41.0 Å². The van der Waals surface area contributed by atoms with Crippen molar-refractivity contribution in [1.29, 1.82) is 0 Å². The zero-order valence-electron chi connectivity index (χ0n) is 13.2. The van der Waals surface area contributed by atoms with Crippen LogP contribution in [0.4, 0.5) is 0 Å². The zero-order valence-corrected chi connectivity index (χ0v) is 13.2. The Bertz CT molecular complexity index is 631. The molecule has 0 spiro atoms. The van der Waals surface area contributed by atoms with Gasteiger partial charge in [-0.15, -0.1) is 0 Å². The first-order valence-corrected chi connectivity index (χ1v) is 7.53. The molecule has 1 aromatic heterocycles. The molecule has 104 valence electrons. The van der Waals surface area contributed by atoms with Gasteiger partial charge in [0.25, 0.3) is 0 Å². The Morgan fingerprint density at radius 3 is 2.37 bits per heavy atom. The number of nitrogens with zero attached hydrogens (tertiary/aromatic N) is 1. The molecule has 1 aliphatic rings. The van der Waals surface area contributed by atoms with Crippen molar-refractivity contribution in [3.63, 3.8) is 0 Å². The highest BCUT2D eigenvalue weighted by Crippen LogP contribution is 2.12. The molecular weight excluding hydrogens is 230 g/mol. The third-order valence-electron chi connectivity index (χ3n) is 3.33. The first-order valence-electron chi connectivity index (χ1n) is 7.53. The van der Waals surface area contributed by atoms with Crippen molar-refractivity contribution in [3.05, 3.63) is 34.8 Å². The maximum Gasteiger partial charge on any atom is 0.0488 e. The third-order valence-corrected chi connectivity index (χ3v) is 3.33. The van der Waals surface area contributed by atoms with Crippen LogP contribution in [0.15, 0.2) is 24.3 Å². The smallest absolute Gasteiger partial charge is 0.0488 e. The highest BCUT2D eigenvalue weighted by atomic mass is 14.9. The van der Waals surface area contributed by atoms with E-state index in [9.17, 15) is 0 Å². The average molecular weight is 257 g/mol. The van der Waals surface area contributed by atoms with Crippen molar-refractivity contribution >= 4 is 23.1 Å². The second kappa shape index (κ2) is 7.18. The molecule has 1 aliphatic carbocycles. The number of benzene rings is 1. The quantitative estimate of drug-likeness (QED) is 0.676. The second-order valence-electron chi connectivity index (χ2n) is 4.46. The summed E-state index contributed by atoms with van der Waals surface area (Å²) in [7, 11) is 2.15. The van der Waals surface area contributed by atoms with E-state index < -0.39 is 0 Å². The molecule has 1 heteroatoms. The molecule has 2 aromatic rings. The molecule has 1 atom stereocenters. The molecule has 0 radical (unpaired) electrons. The first-order chi connectivity index (χ1) is 9.27. The molecule has 0 bridgehead atoms. The van der Waals surface area contributed by atoms with E-state index >= 15 is 0 Å². The summed E-state index contributed by atoms with van der Waals surface area (Å²) >= 11 is 0. The van der Waals surface area contributed by atoms with Crippen molar-refractivity contribution in [1.82, 2.24) is 4.57 Å². The van der Waals surface area contributed by atoms with Crippen LogP contribution < -0.4 is 10.6 Å². The Morgan fingerprint density at radius 2 is 1.68 bits per heavy atom. The monoisotopic (exact) mass is 257 g/mol. The zero-order chi connectivity index (χ0) is 14.4. The summed E-state index contributed by atoms with van der Waals surface area (Å²) in [5.41, 5.74) is 1.34. The minimum Gasteiger partial charge on any atom is -0.344 e. The van der Waals surface area contributed by atoms with Crippen LogP contribution in [0.1, 0.15) is 41.0 Å². The van der Waals surface area contributed by atoms with Gasteiger partial charge in [-0.2, -0.15) is 0 Å². The molecular formula is C18H27N. The van der Waals surface area contributed by atoms with Gasteiger partial charge in [-0.25, -0.2) is 0 Å². The highest BCUT2D eigenvalue weighted by molar-refractivity contribution is 5.82. The molecule has 19 heavy (non-hydrogen) atoms. The fourth-order valence-corrected chi connectivity index (χ4v) is 2.51. The summed E-state index contributed by atoms with van der Waals surface area (Å²) in [6.07, 6.45) is 5.93. The SMILES string of the molecule is CC.CC.CC1C=c2c(n(C)c3ccccc23)=CC1. The van der Waals surface area contributed by atoms with E-state index in [0.717, 1.165) is 6.42 Å². The lowest BCUT2D eigenvalue weighted by Crippen LogP contribution is -2.31. The number of aryl methyl sites for hydroxylation is 1. The maximum absolute atomic E-state index is 2.40. The number of para-hydroxylation sites is 1. The van der Waals surface area contributed by atoms with Gasteiger partial charge in [-0.05, 0) is 18.4 Å². The number of hydrogen-bond donors (Lipinski definition) is 0. The predicted octanol–water partition coefficient (Wildman–Crippen LogP) is 3.83. The van der Waals surface area contributed by atoms with Gasteiger partial charge in [0.1, 0.15) is 0 Å². The number of aromatic nitrogens is 1. The molecule has 1 unspecified atom stereocenters. The molecule has 0 saturated carbocycles. The van der Waals surface area contributed by atoms with Crippen LogP contribution in [0.5, 0.6) is 0 Å². The Labute approximate surface area is 117 Å². The lowest BCUT2D eigenvalue weighted by atomic mass is 10.0. The molecule has 1 aromatic carbocycles.